The van der Waals surface area contributed by atoms with Gasteiger partial charge in [0.1, 0.15) is 11.1 Å². The zero-order valence-corrected chi connectivity index (χ0v) is 12.4. The highest BCUT2D eigenvalue weighted by molar-refractivity contribution is 7.91. The van der Waals surface area contributed by atoms with Crippen LogP contribution in [0, 0.1) is 22.6 Å². The fourth-order valence-electron chi connectivity index (χ4n) is 2.75. The Labute approximate surface area is 122 Å². The molecular formula is C14H14FNO4S. The molecule has 0 spiro atoms. The molecule has 1 aromatic carbocycles. The van der Waals surface area contributed by atoms with Crippen molar-refractivity contribution in [3.8, 4) is 6.07 Å². The maximum Gasteiger partial charge on any atom is 0.328 e. The zero-order valence-electron chi connectivity index (χ0n) is 11.5. The first-order chi connectivity index (χ1) is 9.79. The molecule has 1 aliphatic rings. The summed E-state index contributed by atoms with van der Waals surface area (Å²) in [5.41, 5.74) is -1.49. The van der Waals surface area contributed by atoms with Crippen LogP contribution in [0.1, 0.15) is 18.4 Å². The number of hydrogen-bond donors (Lipinski definition) is 0. The molecule has 0 N–H and O–H groups in total. The van der Waals surface area contributed by atoms with E-state index in [4.69, 9.17) is 4.74 Å². The van der Waals surface area contributed by atoms with Gasteiger partial charge in [0.25, 0.3) is 0 Å². The second kappa shape index (κ2) is 5.11. The third-order valence-electron chi connectivity index (χ3n) is 3.60. The second-order valence-electron chi connectivity index (χ2n) is 4.98. The van der Waals surface area contributed by atoms with Crippen LogP contribution in [-0.4, -0.2) is 32.5 Å². The molecule has 0 radical (unpaired) electrons. The summed E-state index contributed by atoms with van der Waals surface area (Å²) in [6, 6.07) is 7.05. The minimum absolute atomic E-state index is 0.0363. The van der Waals surface area contributed by atoms with Crippen LogP contribution < -0.4 is 0 Å². The van der Waals surface area contributed by atoms with Crippen molar-refractivity contribution in [2.45, 2.75) is 18.1 Å². The molecule has 112 valence electrons. The number of esters is 1. The monoisotopic (exact) mass is 311 g/mol. The predicted molar refractivity (Wildman–Crippen MR) is 72.5 cm³/mol. The van der Waals surface area contributed by atoms with E-state index in [0.29, 0.717) is 5.56 Å². The Bertz CT molecular complexity index is 725. The number of nitriles is 1. The number of sulfone groups is 1. The van der Waals surface area contributed by atoms with Crippen LogP contribution >= 0.6 is 0 Å². The SMILES string of the molecule is CCOC(=O)[C@]1(C#N)[C@H](c2cccc(F)c2)[C@H]1S(C)(=O)=O. The van der Waals surface area contributed by atoms with Gasteiger partial charge in [-0.1, -0.05) is 12.1 Å². The smallest absolute Gasteiger partial charge is 0.328 e. The van der Waals surface area contributed by atoms with Crippen LogP contribution in [0.3, 0.4) is 0 Å². The first kappa shape index (κ1) is 15.4. The van der Waals surface area contributed by atoms with Crippen LogP contribution in [0.5, 0.6) is 0 Å². The van der Waals surface area contributed by atoms with Crippen molar-refractivity contribution < 1.29 is 22.3 Å². The summed E-state index contributed by atoms with van der Waals surface area (Å²) in [4.78, 5) is 12.1. The van der Waals surface area contributed by atoms with Crippen molar-refractivity contribution in [3.05, 3.63) is 35.6 Å². The van der Waals surface area contributed by atoms with Crippen molar-refractivity contribution in [2.24, 2.45) is 5.41 Å². The summed E-state index contributed by atoms with van der Waals surface area (Å²) in [7, 11) is -3.67. The van der Waals surface area contributed by atoms with Crippen LogP contribution in [-0.2, 0) is 19.4 Å². The van der Waals surface area contributed by atoms with E-state index >= 15 is 0 Å². The molecule has 0 unspecified atom stereocenters. The topological polar surface area (TPSA) is 84.2 Å². The lowest BCUT2D eigenvalue weighted by molar-refractivity contribution is -0.147. The van der Waals surface area contributed by atoms with Gasteiger partial charge in [-0.15, -0.1) is 0 Å². The fourth-order valence-corrected chi connectivity index (χ4v) is 4.51. The molecule has 1 saturated carbocycles. The fraction of sp³-hybridized carbons (Fsp3) is 0.429. The summed E-state index contributed by atoms with van der Waals surface area (Å²) in [5.74, 6) is -2.34. The van der Waals surface area contributed by atoms with E-state index in [9.17, 15) is 22.9 Å². The van der Waals surface area contributed by atoms with Crippen molar-refractivity contribution in [1.82, 2.24) is 0 Å². The van der Waals surface area contributed by atoms with E-state index in [-0.39, 0.29) is 6.61 Å². The molecule has 3 atom stereocenters. The van der Waals surface area contributed by atoms with Crippen molar-refractivity contribution in [3.63, 3.8) is 0 Å². The van der Waals surface area contributed by atoms with Crippen LogP contribution in [0.25, 0.3) is 0 Å². The van der Waals surface area contributed by atoms with Crippen LogP contribution in [0.2, 0.25) is 0 Å². The molecule has 21 heavy (non-hydrogen) atoms. The third kappa shape index (κ3) is 2.40. The summed E-state index contributed by atoms with van der Waals surface area (Å²) in [5, 5.41) is 8.17. The number of ether oxygens (including phenoxy) is 1. The van der Waals surface area contributed by atoms with Gasteiger partial charge < -0.3 is 4.74 Å². The number of carbonyl (C=O) groups excluding carboxylic acids is 1. The third-order valence-corrected chi connectivity index (χ3v) is 5.17. The van der Waals surface area contributed by atoms with Crippen LogP contribution in [0.15, 0.2) is 24.3 Å². The van der Waals surface area contributed by atoms with Crippen molar-refractivity contribution in [2.75, 3.05) is 12.9 Å². The quantitative estimate of drug-likeness (QED) is 0.785. The molecule has 1 aromatic rings. The van der Waals surface area contributed by atoms with Gasteiger partial charge in [0.15, 0.2) is 15.3 Å². The number of benzene rings is 1. The summed E-state index contributed by atoms with van der Waals surface area (Å²) in [6.07, 6.45) is 0.961. The number of carbonyl (C=O) groups is 1. The molecule has 0 bridgehead atoms. The van der Waals surface area contributed by atoms with Gasteiger partial charge >= 0.3 is 5.97 Å². The lowest BCUT2D eigenvalue weighted by atomic mass is 10.0. The zero-order chi connectivity index (χ0) is 15.8. The van der Waals surface area contributed by atoms with Crippen molar-refractivity contribution >= 4 is 15.8 Å². The lowest BCUT2D eigenvalue weighted by Crippen LogP contribution is -2.24. The van der Waals surface area contributed by atoms with Gasteiger partial charge in [0, 0.05) is 12.2 Å². The van der Waals surface area contributed by atoms with E-state index in [1.54, 1.807) is 13.0 Å². The minimum Gasteiger partial charge on any atom is -0.465 e. The standard InChI is InChI=1S/C14H14FNO4S/c1-3-20-13(17)14(8-16)11(12(14)21(2,18)19)9-5-4-6-10(15)7-9/h4-7,11-12H,3H2,1-2H3/t11-,12-,14-/m1/s1. The summed E-state index contributed by atoms with van der Waals surface area (Å²) in [6.45, 7) is 1.60. The Hall–Kier alpha value is -1.94. The Morgan fingerprint density at radius 2 is 2.19 bits per heavy atom. The van der Waals surface area contributed by atoms with E-state index < -0.39 is 38.2 Å². The van der Waals surface area contributed by atoms with E-state index in [0.717, 1.165) is 12.3 Å². The normalized spacial score (nSPS) is 27.7. The molecular weight excluding hydrogens is 297 g/mol. The highest BCUT2D eigenvalue weighted by Gasteiger charge is 2.76. The maximum atomic E-state index is 13.3. The number of halogens is 1. The Morgan fingerprint density at radius 1 is 1.52 bits per heavy atom. The summed E-state index contributed by atoms with van der Waals surface area (Å²) < 4.78 is 42.0. The molecule has 0 saturated heterocycles. The predicted octanol–water partition coefficient (Wildman–Crippen LogP) is 1.41. The molecule has 7 heteroatoms. The number of rotatable bonds is 4. The van der Waals surface area contributed by atoms with Gasteiger partial charge in [0.05, 0.1) is 12.7 Å². The first-order valence-corrected chi connectivity index (χ1v) is 8.27. The number of hydrogen-bond acceptors (Lipinski definition) is 5. The molecule has 0 aromatic heterocycles. The van der Waals surface area contributed by atoms with Gasteiger partial charge in [-0.25, -0.2) is 12.8 Å². The average molecular weight is 311 g/mol. The molecule has 1 fully saturated rings. The summed E-state index contributed by atoms with van der Waals surface area (Å²) >= 11 is 0. The van der Waals surface area contributed by atoms with Gasteiger partial charge in [-0.05, 0) is 24.6 Å². The van der Waals surface area contributed by atoms with Crippen molar-refractivity contribution in [1.29, 1.82) is 5.26 Å². The molecule has 0 heterocycles. The Morgan fingerprint density at radius 3 is 2.67 bits per heavy atom. The molecule has 0 amide bonds. The van der Waals surface area contributed by atoms with Gasteiger partial charge in [-0.2, -0.15) is 5.26 Å². The van der Waals surface area contributed by atoms with Gasteiger partial charge in [-0.3, -0.25) is 4.79 Å². The molecule has 0 aliphatic heterocycles. The number of nitrogens with zero attached hydrogens (tertiary/aromatic N) is 1. The van der Waals surface area contributed by atoms with E-state index in [1.807, 2.05) is 0 Å². The van der Waals surface area contributed by atoms with Gasteiger partial charge in [0.2, 0.25) is 0 Å². The average Bonchev–Trinajstić information content (AvgIpc) is 3.09. The minimum atomic E-state index is -3.67. The molecule has 2 rings (SSSR count). The lowest BCUT2D eigenvalue weighted by Gasteiger charge is -2.08. The molecule has 5 nitrogen and oxygen atoms in total. The highest BCUT2D eigenvalue weighted by Crippen LogP contribution is 2.63. The van der Waals surface area contributed by atoms with E-state index in [1.165, 1.54) is 18.2 Å². The second-order valence-corrected chi connectivity index (χ2v) is 7.15. The first-order valence-electron chi connectivity index (χ1n) is 6.31. The Balaban J connectivity index is 2.53. The molecule has 1 aliphatic carbocycles. The maximum absolute atomic E-state index is 13.3. The Kier molecular flexibility index (Phi) is 3.76. The highest BCUT2D eigenvalue weighted by atomic mass is 32.2. The van der Waals surface area contributed by atoms with Crippen LogP contribution in [0.4, 0.5) is 4.39 Å². The van der Waals surface area contributed by atoms with E-state index in [2.05, 4.69) is 0 Å². The largest absolute Gasteiger partial charge is 0.465 e.